The fraction of sp³-hybridized carbons (Fsp3) is 0. The van der Waals surface area contributed by atoms with E-state index in [2.05, 4.69) is 4.98 Å². The minimum Gasteiger partial charge on any atom is -0.506 e. The van der Waals surface area contributed by atoms with Crippen LogP contribution in [0.1, 0.15) is 0 Å². The van der Waals surface area contributed by atoms with E-state index < -0.39 is 0 Å². The summed E-state index contributed by atoms with van der Waals surface area (Å²) in [5.74, 6) is 1.17. The molecule has 1 aromatic heterocycles. The van der Waals surface area contributed by atoms with Crippen LogP contribution in [0.2, 0.25) is 0 Å². The van der Waals surface area contributed by atoms with Gasteiger partial charge in [-0.1, -0.05) is 18.2 Å². The lowest BCUT2D eigenvalue weighted by atomic mass is 10.1. The number of hydrogen-bond donors (Lipinski definition) is 2. The Morgan fingerprint density at radius 3 is 2.42 bits per heavy atom. The lowest BCUT2D eigenvalue weighted by Gasteiger charge is -2.08. The van der Waals surface area contributed by atoms with Crippen molar-refractivity contribution in [2.75, 3.05) is 0 Å². The van der Waals surface area contributed by atoms with Crippen molar-refractivity contribution in [3.63, 3.8) is 0 Å². The van der Waals surface area contributed by atoms with Crippen molar-refractivity contribution < 1.29 is 14.9 Å². The average molecular weight is 253 g/mol. The number of aromatic hydroxyl groups is 2. The minimum atomic E-state index is -0.133. The summed E-state index contributed by atoms with van der Waals surface area (Å²) in [6.07, 6.45) is 1.22. The van der Waals surface area contributed by atoms with Crippen molar-refractivity contribution in [3.05, 3.63) is 54.7 Å². The number of hydrogen-bond acceptors (Lipinski definition) is 4. The first-order chi connectivity index (χ1) is 9.24. The van der Waals surface area contributed by atoms with E-state index in [9.17, 15) is 10.2 Å². The van der Waals surface area contributed by atoms with Crippen LogP contribution in [0.15, 0.2) is 54.7 Å². The molecule has 0 spiro atoms. The standard InChI is InChI=1S/C15H11NO3/c17-14-9-16-15(18)13-8-11(6-7-12(13)14)19-10-4-2-1-3-5-10/h1-9,17H,(H,16,18). The van der Waals surface area contributed by atoms with E-state index in [1.165, 1.54) is 6.20 Å². The Bertz CT molecular complexity index is 726. The van der Waals surface area contributed by atoms with Crippen LogP contribution in [-0.4, -0.2) is 15.2 Å². The van der Waals surface area contributed by atoms with Crippen molar-refractivity contribution in [1.82, 2.24) is 4.98 Å². The molecular weight excluding hydrogens is 242 g/mol. The van der Waals surface area contributed by atoms with Gasteiger partial charge in [0.15, 0.2) is 0 Å². The van der Waals surface area contributed by atoms with Gasteiger partial charge in [-0.25, -0.2) is 4.98 Å². The SMILES string of the molecule is Oc1cnc(O)c2cc(Oc3ccccc3)ccc12. The summed E-state index contributed by atoms with van der Waals surface area (Å²) in [6.45, 7) is 0. The minimum absolute atomic E-state index is 0.0269. The number of rotatable bonds is 2. The summed E-state index contributed by atoms with van der Waals surface area (Å²) < 4.78 is 5.66. The second kappa shape index (κ2) is 4.49. The Morgan fingerprint density at radius 1 is 0.842 bits per heavy atom. The zero-order valence-electron chi connectivity index (χ0n) is 9.95. The second-order valence-electron chi connectivity index (χ2n) is 4.09. The third-order valence-corrected chi connectivity index (χ3v) is 2.80. The third-order valence-electron chi connectivity index (χ3n) is 2.80. The molecule has 0 amide bonds. The predicted molar refractivity (Wildman–Crippen MR) is 71.6 cm³/mol. The van der Waals surface area contributed by atoms with Gasteiger partial charge in [0.25, 0.3) is 0 Å². The van der Waals surface area contributed by atoms with Crippen LogP contribution in [0.5, 0.6) is 23.1 Å². The molecule has 3 aromatic rings. The first kappa shape index (κ1) is 11.3. The molecule has 0 unspecified atom stereocenters. The summed E-state index contributed by atoms with van der Waals surface area (Å²) in [5.41, 5.74) is 0. The van der Waals surface area contributed by atoms with Gasteiger partial charge in [0.05, 0.1) is 11.6 Å². The van der Waals surface area contributed by atoms with Gasteiger partial charge in [0.1, 0.15) is 17.2 Å². The van der Waals surface area contributed by atoms with Gasteiger partial charge in [-0.3, -0.25) is 0 Å². The zero-order chi connectivity index (χ0) is 13.2. The highest BCUT2D eigenvalue weighted by molar-refractivity contribution is 5.92. The Morgan fingerprint density at radius 2 is 1.63 bits per heavy atom. The first-order valence-corrected chi connectivity index (χ1v) is 5.77. The summed E-state index contributed by atoms with van der Waals surface area (Å²) >= 11 is 0. The molecule has 0 radical (unpaired) electrons. The van der Waals surface area contributed by atoms with E-state index in [1.807, 2.05) is 30.3 Å². The molecule has 2 aromatic carbocycles. The highest BCUT2D eigenvalue weighted by atomic mass is 16.5. The van der Waals surface area contributed by atoms with Crippen LogP contribution >= 0.6 is 0 Å². The normalized spacial score (nSPS) is 10.5. The van der Waals surface area contributed by atoms with Crippen LogP contribution in [0.25, 0.3) is 10.8 Å². The van der Waals surface area contributed by atoms with Gasteiger partial charge in [0.2, 0.25) is 5.88 Å². The third kappa shape index (κ3) is 2.15. The van der Waals surface area contributed by atoms with Crippen molar-refractivity contribution in [2.45, 2.75) is 0 Å². The maximum Gasteiger partial charge on any atom is 0.219 e. The molecule has 19 heavy (non-hydrogen) atoms. The molecule has 3 rings (SSSR count). The van der Waals surface area contributed by atoms with Crippen molar-refractivity contribution in [3.8, 4) is 23.1 Å². The molecule has 0 aliphatic heterocycles. The van der Waals surface area contributed by atoms with Crippen molar-refractivity contribution >= 4 is 10.8 Å². The molecule has 4 heteroatoms. The van der Waals surface area contributed by atoms with Crippen LogP contribution < -0.4 is 4.74 Å². The van der Waals surface area contributed by atoms with E-state index in [0.29, 0.717) is 22.3 Å². The van der Waals surface area contributed by atoms with E-state index in [-0.39, 0.29) is 11.6 Å². The molecule has 0 saturated carbocycles. The highest BCUT2D eigenvalue weighted by Gasteiger charge is 2.07. The molecule has 0 aliphatic carbocycles. The van der Waals surface area contributed by atoms with Crippen LogP contribution in [0.4, 0.5) is 0 Å². The Balaban J connectivity index is 2.05. The lowest BCUT2D eigenvalue weighted by Crippen LogP contribution is -1.85. The summed E-state index contributed by atoms with van der Waals surface area (Å²) in [4.78, 5) is 3.71. The van der Waals surface area contributed by atoms with Crippen molar-refractivity contribution in [2.24, 2.45) is 0 Å². The maximum absolute atomic E-state index is 9.71. The number of para-hydroxylation sites is 1. The molecule has 0 fully saturated rings. The topological polar surface area (TPSA) is 62.6 Å². The summed E-state index contributed by atoms with van der Waals surface area (Å²) in [5, 5.41) is 20.4. The Labute approximate surface area is 109 Å². The van der Waals surface area contributed by atoms with Crippen LogP contribution in [0, 0.1) is 0 Å². The van der Waals surface area contributed by atoms with Gasteiger partial charge < -0.3 is 14.9 Å². The van der Waals surface area contributed by atoms with E-state index >= 15 is 0 Å². The van der Waals surface area contributed by atoms with Crippen LogP contribution in [0.3, 0.4) is 0 Å². The van der Waals surface area contributed by atoms with Crippen LogP contribution in [-0.2, 0) is 0 Å². The number of pyridine rings is 1. The second-order valence-corrected chi connectivity index (χ2v) is 4.09. The van der Waals surface area contributed by atoms with E-state index in [1.54, 1.807) is 18.2 Å². The molecular formula is C15H11NO3. The molecule has 2 N–H and O–H groups in total. The Hall–Kier alpha value is -2.75. The first-order valence-electron chi connectivity index (χ1n) is 5.77. The van der Waals surface area contributed by atoms with Gasteiger partial charge in [0, 0.05) is 5.39 Å². The fourth-order valence-electron chi connectivity index (χ4n) is 1.88. The summed E-state index contributed by atoms with van der Waals surface area (Å²) in [6, 6.07) is 14.4. The monoisotopic (exact) mass is 253 g/mol. The molecule has 94 valence electrons. The maximum atomic E-state index is 9.71. The van der Waals surface area contributed by atoms with E-state index in [4.69, 9.17) is 4.74 Å². The largest absolute Gasteiger partial charge is 0.506 e. The molecule has 0 atom stereocenters. The van der Waals surface area contributed by atoms with Gasteiger partial charge in [-0.05, 0) is 30.3 Å². The molecule has 4 nitrogen and oxygen atoms in total. The van der Waals surface area contributed by atoms with Gasteiger partial charge >= 0.3 is 0 Å². The number of fused-ring (bicyclic) bond motifs is 1. The molecule has 0 bridgehead atoms. The number of benzene rings is 2. The lowest BCUT2D eigenvalue weighted by molar-refractivity contribution is 0.448. The zero-order valence-corrected chi connectivity index (χ0v) is 9.95. The smallest absolute Gasteiger partial charge is 0.219 e. The van der Waals surface area contributed by atoms with Gasteiger partial charge in [-0.2, -0.15) is 0 Å². The Kier molecular flexibility index (Phi) is 2.68. The number of nitrogens with zero attached hydrogens (tertiary/aromatic N) is 1. The molecule has 0 saturated heterocycles. The van der Waals surface area contributed by atoms with Crippen molar-refractivity contribution in [1.29, 1.82) is 0 Å². The van der Waals surface area contributed by atoms with E-state index in [0.717, 1.165) is 0 Å². The summed E-state index contributed by atoms with van der Waals surface area (Å²) in [7, 11) is 0. The number of ether oxygens (including phenoxy) is 1. The quantitative estimate of drug-likeness (QED) is 0.734. The van der Waals surface area contributed by atoms with Gasteiger partial charge in [-0.15, -0.1) is 0 Å². The average Bonchev–Trinajstić information content (AvgIpc) is 2.44. The number of aromatic nitrogens is 1. The fourth-order valence-corrected chi connectivity index (χ4v) is 1.88. The predicted octanol–water partition coefficient (Wildman–Crippen LogP) is 3.44. The highest BCUT2D eigenvalue weighted by Crippen LogP contribution is 2.33. The molecule has 0 aliphatic rings. The molecule has 1 heterocycles.